The van der Waals surface area contributed by atoms with Gasteiger partial charge in [0.25, 0.3) is 5.91 Å². The zero-order valence-corrected chi connectivity index (χ0v) is 11.9. The summed E-state index contributed by atoms with van der Waals surface area (Å²) in [6, 6.07) is 2.17. The van der Waals surface area contributed by atoms with Gasteiger partial charge in [-0.2, -0.15) is 0 Å². The molecule has 0 bridgehead atoms. The second-order valence-corrected chi connectivity index (χ2v) is 5.78. The van der Waals surface area contributed by atoms with Gasteiger partial charge in [0.2, 0.25) is 0 Å². The van der Waals surface area contributed by atoms with Gasteiger partial charge in [0.1, 0.15) is 5.75 Å². The Labute approximate surface area is 119 Å². The Morgan fingerprint density at radius 3 is 3.00 bits per heavy atom. The maximum absolute atomic E-state index is 12.6. The number of fused-ring (bicyclic) bond motifs is 1. The predicted molar refractivity (Wildman–Crippen MR) is 75.8 cm³/mol. The third-order valence-electron chi connectivity index (χ3n) is 4.34. The molecule has 2 fully saturated rings. The van der Waals surface area contributed by atoms with Gasteiger partial charge in [0.05, 0.1) is 11.8 Å². The fourth-order valence-electron chi connectivity index (χ4n) is 3.29. The van der Waals surface area contributed by atoms with E-state index in [1.165, 1.54) is 19.0 Å². The first-order chi connectivity index (χ1) is 9.65. The first-order valence-electron chi connectivity index (χ1n) is 7.34. The molecule has 20 heavy (non-hydrogen) atoms. The van der Waals surface area contributed by atoms with E-state index in [4.69, 9.17) is 0 Å². The molecule has 2 aliphatic rings. The Balaban J connectivity index is 1.80. The average molecular weight is 275 g/mol. The van der Waals surface area contributed by atoms with Crippen molar-refractivity contribution < 1.29 is 9.90 Å². The van der Waals surface area contributed by atoms with E-state index in [0.29, 0.717) is 11.6 Å². The van der Waals surface area contributed by atoms with E-state index in [9.17, 15) is 9.90 Å². The van der Waals surface area contributed by atoms with Crippen LogP contribution in [0.1, 0.15) is 35.3 Å². The van der Waals surface area contributed by atoms with Gasteiger partial charge in [-0.15, -0.1) is 0 Å². The monoisotopic (exact) mass is 275 g/mol. The van der Waals surface area contributed by atoms with Crippen LogP contribution in [0.15, 0.2) is 12.3 Å². The van der Waals surface area contributed by atoms with Crippen LogP contribution in [0.3, 0.4) is 0 Å². The van der Waals surface area contributed by atoms with Gasteiger partial charge in [-0.3, -0.25) is 14.7 Å². The van der Waals surface area contributed by atoms with Crippen LogP contribution in [0.25, 0.3) is 0 Å². The van der Waals surface area contributed by atoms with Crippen molar-refractivity contribution in [3.8, 4) is 5.75 Å². The highest BCUT2D eigenvalue weighted by Crippen LogP contribution is 2.24. The number of hydrogen-bond acceptors (Lipinski definition) is 4. The highest BCUT2D eigenvalue weighted by molar-refractivity contribution is 5.96. The van der Waals surface area contributed by atoms with Crippen molar-refractivity contribution in [3.63, 3.8) is 0 Å². The molecular formula is C15H21N3O2. The van der Waals surface area contributed by atoms with E-state index in [1.807, 2.05) is 11.8 Å². The molecule has 1 amide bonds. The van der Waals surface area contributed by atoms with Crippen molar-refractivity contribution >= 4 is 5.91 Å². The quantitative estimate of drug-likeness (QED) is 0.842. The summed E-state index contributed by atoms with van der Waals surface area (Å²) in [7, 11) is 0. The summed E-state index contributed by atoms with van der Waals surface area (Å²) in [6.07, 6.45) is 4.77. The lowest BCUT2D eigenvalue weighted by atomic mass is 10.1. The minimum absolute atomic E-state index is 0.0203. The van der Waals surface area contributed by atoms with Gasteiger partial charge >= 0.3 is 0 Å². The lowest BCUT2D eigenvalue weighted by Crippen LogP contribution is -2.39. The Morgan fingerprint density at radius 1 is 1.35 bits per heavy atom. The van der Waals surface area contributed by atoms with Crippen LogP contribution >= 0.6 is 0 Å². The number of aromatic nitrogens is 1. The van der Waals surface area contributed by atoms with Gasteiger partial charge in [-0.25, -0.2) is 0 Å². The van der Waals surface area contributed by atoms with E-state index in [-0.39, 0.29) is 11.7 Å². The maximum atomic E-state index is 12.6. The highest BCUT2D eigenvalue weighted by Gasteiger charge is 2.31. The van der Waals surface area contributed by atoms with Gasteiger partial charge in [-0.05, 0) is 38.8 Å². The van der Waals surface area contributed by atoms with E-state index in [2.05, 4.69) is 9.88 Å². The standard InChI is InChI=1S/C15H21N3O2/c1-11-8-13(14(19)9-16-11)15(20)18-7-3-6-17-5-2-4-12(17)10-18/h8-9,12,19H,2-7,10H2,1H3/t12-/m0/s1. The molecule has 1 aromatic heterocycles. The van der Waals surface area contributed by atoms with Crippen LogP contribution < -0.4 is 0 Å². The molecule has 0 aromatic carbocycles. The number of aromatic hydroxyl groups is 1. The van der Waals surface area contributed by atoms with E-state index < -0.39 is 0 Å². The van der Waals surface area contributed by atoms with Crippen molar-refractivity contribution in [1.29, 1.82) is 0 Å². The molecule has 0 radical (unpaired) electrons. The summed E-state index contributed by atoms with van der Waals surface area (Å²) in [6.45, 7) is 5.62. The third-order valence-corrected chi connectivity index (χ3v) is 4.34. The largest absolute Gasteiger partial charge is 0.505 e. The number of carbonyl (C=O) groups excluding carboxylic acids is 1. The molecule has 5 heteroatoms. The van der Waals surface area contributed by atoms with Crippen molar-refractivity contribution in [2.75, 3.05) is 26.2 Å². The van der Waals surface area contributed by atoms with Crippen molar-refractivity contribution in [2.24, 2.45) is 0 Å². The topological polar surface area (TPSA) is 56.7 Å². The molecule has 1 atom stereocenters. The molecule has 0 spiro atoms. The van der Waals surface area contributed by atoms with E-state index in [1.54, 1.807) is 6.07 Å². The molecule has 3 rings (SSSR count). The van der Waals surface area contributed by atoms with Gasteiger partial charge in [-0.1, -0.05) is 0 Å². The van der Waals surface area contributed by atoms with Crippen molar-refractivity contribution in [1.82, 2.24) is 14.8 Å². The molecule has 0 saturated carbocycles. The van der Waals surface area contributed by atoms with Crippen molar-refractivity contribution in [3.05, 3.63) is 23.5 Å². The summed E-state index contributed by atoms with van der Waals surface area (Å²) >= 11 is 0. The van der Waals surface area contributed by atoms with Gasteiger partial charge in [0, 0.05) is 31.4 Å². The molecule has 2 aliphatic heterocycles. The van der Waals surface area contributed by atoms with E-state index in [0.717, 1.165) is 38.3 Å². The van der Waals surface area contributed by atoms with Crippen LogP contribution in [0.5, 0.6) is 5.75 Å². The second kappa shape index (κ2) is 5.40. The minimum Gasteiger partial charge on any atom is -0.505 e. The number of carbonyl (C=O) groups is 1. The number of hydrogen-bond donors (Lipinski definition) is 1. The molecule has 108 valence electrons. The Bertz CT molecular complexity index is 518. The highest BCUT2D eigenvalue weighted by atomic mass is 16.3. The summed E-state index contributed by atoms with van der Waals surface area (Å²) in [5, 5.41) is 9.87. The Hall–Kier alpha value is -1.62. The van der Waals surface area contributed by atoms with Crippen LogP contribution in [0, 0.1) is 6.92 Å². The summed E-state index contributed by atoms with van der Waals surface area (Å²) < 4.78 is 0. The SMILES string of the molecule is Cc1cc(C(=O)N2CCCN3CCC[C@H]3C2)c(O)cn1. The Kier molecular flexibility index (Phi) is 3.61. The van der Waals surface area contributed by atoms with Crippen molar-refractivity contribution in [2.45, 2.75) is 32.2 Å². The number of pyridine rings is 1. The van der Waals surface area contributed by atoms with Crippen LogP contribution in [-0.2, 0) is 0 Å². The third kappa shape index (κ3) is 2.50. The minimum atomic E-state index is -0.0678. The fraction of sp³-hybridized carbons (Fsp3) is 0.600. The second-order valence-electron chi connectivity index (χ2n) is 5.78. The zero-order valence-electron chi connectivity index (χ0n) is 11.9. The molecule has 0 unspecified atom stereocenters. The normalized spacial score (nSPS) is 23.4. The van der Waals surface area contributed by atoms with Gasteiger partial charge in [0.15, 0.2) is 0 Å². The maximum Gasteiger partial charge on any atom is 0.257 e. The molecule has 3 heterocycles. The van der Waals surface area contributed by atoms with Crippen LogP contribution in [0.4, 0.5) is 0 Å². The number of nitrogens with zero attached hydrogens (tertiary/aromatic N) is 3. The van der Waals surface area contributed by atoms with Crippen LogP contribution in [-0.4, -0.2) is 58.0 Å². The molecule has 1 aromatic rings. The lowest BCUT2D eigenvalue weighted by Gasteiger charge is -2.26. The summed E-state index contributed by atoms with van der Waals surface area (Å²) in [5.41, 5.74) is 1.13. The molecule has 2 saturated heterocycles. The van der Waals surface area contributed by atoms with Crippen LogP contribution in [0.2, 0.25) is 0 Å². The zero-order chi connectivity index (χ0) is 14.1. The molecule has 5 nitrogen and oxygen atoms in total. The predicted octanol–water partition coefficient (Wildman–Crippen LogP) is 1.41. The van der Waals surface area contributed by atoms with Gasteiger partial charge < -0.3 is 10.0 Å². The molecule has 0 aliphatic carbocycles. The summed E-state index contributed by atoms with van der Waals surface area (Å²) in [4.78, 5) is 21.0. The molecule has 1 N–H and O–H groups in total. The first kappa shape index (κ1) is 13.4. The number of aryl methyl sites for hydroxylation is 1. The number of rotatable bonds is 1. The Morgan fingerprint density at radius 2 is 2.15 bits per heavy atom. The van der Waals surface area contributed by atoms with E-state index >= 15 is 0 Å². The number of amides is 1. The summed E-state index contributed by atoms with van der Waals surface area (Å²) in [5.74, 6) is -0.0881. The average Bonchev–Trinajstić information content (AvgIpc) is 2.78. The fourth-order valence-corrected chi connectivity index (χ4v) is 3.29. The first-order valence-corrected chi connectivity index (χ1v) is 7.34. The molecular weight excluding hydrogens is 254 g/mol. The smallest absolute Gasteiger partial charge is 0.257 e. The lowest BCUT2D eigenvalue weighted by molar-refractivity contribution is 0.0740.